The van der Waals surface area contributed by atoms with Gasteiger partial charge in [-0.2, -0.15) is 0 Å². The molecule has 4 nitrogen and oxygen atoms in total. The zero-order chi connectivity index (χ0) is 65.4. The summed E-state index contributed by atoms with van der Waals surface area (Å²) in [6.07, 6.45) is 1.08. The van der Waals surface area contributed by atoms with Crippen LogP contribution in [0.15, 0.2) is 192 Å². The molecule has 1 aromatic heterocycles. The van der Waals surface area contributed by atoms with E-state index in [-0.39, 0.29) is 50.0 Å². The molecule has 2 aliphatic heterocycles. The van der Waals surface area contributed by atoms with E-state index in [0.717, 1.165) is 56.8 Å². The molecule has 0 spiro atoms. The Morgan fingerprint density at radius 1 is 0.366 bits per heavy atom. The average Bonchev–Trinajstić information content (AvgIpc) is 0.952. The van der Waals surface area contributed by atoms with Crippen LogP contribution in [-0.2, 0) is 43.3 Å². The summed E-state index contributed by atoms with van der Waals surface area (Å²) in [7, 11) is 0. The van der Waals surface area contributed by atoms with Gasteiger partial charge in [-0.15, -0.1) is 0 Å². The molecule has 3 aliphatic carbocycles. The third-order valence-corrected chi connectivity index (χ3v) is 23.4. The molecule has 5 heteroatoms. The highest BCUT2D eigenvalue weighted by Crippen LogP contribution is 2.59. The Kier molecular flexibility index (Phi) is 12.3. The maximum Gasteiger partial charge on any atom is 0.252 e. The fourth-order valence-electron chi connectivity index (χ4n) is 18.5. The van der Waals surface area contributed by atoms with Crippen molar-refractivity contribution < 1.29 is 4.42 Å². The summed E-state index contributed by atoms with van der Waals surface area (Å²) in [4.78, 5) is 8.00. The standard InChI is InChI=1S/C88H90BN3O/c1-52-43-63-64(84(10,11)51-83(63,8)9)48-72(52)92-74-50-68-66(86(14,15)60-29-22-24-31-62(60)88(68,18)19)47-70(74)89-69-46-65-67(87(16,17)61-30-23-21-28-59(61)85(65,12)13)49-73(69)91(71-32-26-34-78-79(71)58-27-20-25-33-77(58)93-78)75-44-57(45-76(92)80(75)89)90(55-39-35-53(36-40-55)81(2,3)4)56-41-37-54(38-42-56)82(5,6)7/h20-50H,51H2,1-19H3. The number of aryl methyl sites for hydroxylation is 1. The van der Waals surface area contributed by atoms with Crippen molar-refractivity contribution in [3.8, 4) is 0 Å². The van der Waals surface area contributed by atoms with Gasteiger partial charge in [-0.3, -0.25) is 0 Å². The summed E-state index contributed by atoms with van der Waals surface area (Å²) in [6, 6.07) is 74.0. The van der Waals surface area contributed by atoms with Crippen LogP contribution in [0, 0.1) is 6.92 Å². The summed E-state index contributed by atoms with van der Waals surface area (Å²) in [6.45, 7) is 45.8. The van der Waals surface area contributed by atoms with Crippen molar-refractivity contribution in [1.82, 2.24) is 0 Å². The van der Waals surface area contributed by atoms with E-state index < -0.39 is 0 Å². The van der Waals surface area contributed by atoms with E-state index in [0.29, 0.717) is 0 Å². The maximum atomic E-state index is 6.95. The normalized spacial score (nSPS) is 17.8. The molecule has 11 aromatic rings. The Morgan fingerprint density at radius 3 is 1.23 bits per heavy atom. The molecule has 0 bridgehead atoms. The van der Waals surface area contributed by atoms with Gasteiger partial charge in [-0.25, -0.2) is 0 Å². The first-order chi connectivity index (χ1) is 43.8. The van der Waals surface area contributed by atoms with Crippen LogP contribution in [-0.4, -0.2) is 6.71 Å². The van der Waals surface area contributed by atoms with Crippen LogP contribution in [0.1, 0.15) is 203 Å². The van der Waals surface area contributed by atoms with Gasteiger partial charge in [0, 0.05) is 66.9 Å². The summed E-state index contributed by atoms with van der Waals surface area (Å²) in [5, 5.41) is 2.21. The molecule has 0 saturated carbocycles. The van der Waals surface area contributed by atoms with Gasteiger partial charge in [0.25, 0.3) is 6.71 Å². The molecule has 0 saturated heterocycles. The lowest BCUT2D eigenvalue weighted by Gasteiger charge is -2.50. The molecule has 0 N–H and O–H groups in total. The van der Waals surface area contributed by atoms with Gasteiger partial charge in [-0.05, 0) is 197 Å². The van der Waals surface area contributed by atoms with E-state index in [9.17, 15) is 0 Å². The van der Waals surface area contributed by atoms with Gasteiger partial charge in [-0.1, -0.05) is 240 Å². The number of fused-ring (bicyclic) bond motifs is 12. The Bertz CT molecular complexity index is 4930. The minimum absolute atomic E-state index is 0.0181. The SMILES string of the molecule is Cc1cc2c(cc1N1c3cc4c(cc3B3c5cc6c(cc5N(c5cccc7oc8ccccc8c57)c5cc(N(c7ccc(C(C)(C)C)cc7)c7ccc(C(C)(C)C)cc7)cc1c53)C(C)(C)c1ccccc1C6(C)C)C(C)(C)c1ccccc1C4(C)C)C(C)(C)CC2(C)C. The van der Waals surface area contributed by atoms with Crippen molar-refractivity contribution in [3.05, 3.63) is 260 Å². The number of rotatable bonds is 5. The molecule has 3 heterocycles. The van der Waals surface area contributed by atoms with Gasteiger partial charge < -0.3 is 19.1 Å². The molecular weight excluding hydrogens is 1130 g/mol. The molecule has 0 atom stereocenters. The third kappa shape index (κ3) is 8.42. The smallest absolute Gasteiger partial charge is 0.252 e. The van der Waals surface area contributed by atoms with Gasteiger partial charge in [0.15, 0.2) is 0 Å². The lowest BCUT2D eigenvalue weighted by molar-refractivity contribution is 0.403. The molecule has 0 fully saturated rings. The fourth-order valence-corrected chi connectivity index (χ4v) is 18.5. The van der Waals surface area contributed by atoms with E-state index in [2.05, 4.69) is 334 Å². The Balaban J connectivity index is 1.10. The number of anilines is 9. The van der Waals surface area contributed by atoms with Crippen LogP contribution in [0.25, 0.3) is 21.9 Å². The molecular formula is C88H90BN3O. The lowest BCUT2D eigenvalue weighted by atomic mass is 9.32. The second-order valence-corrected chi connectivity index (χ2v) is 33.8. The number of furan rings is 1. The van der Waals surface area contributed by atoms with Crippen molar-refractivity contribution in [2.75, 3.05) is 14.7 Å². The molecule has 16 rings (SSSR count). The first kappa shape index (κ1) is 59.5. The maximum absolute atomic E-state index is 6.95. The minimum atomic E-state index is -0.324. The largest absolute Gasteiger partial charge is 0.456 e. The molecule has 93 heavy (non-hydrogen) atoms. The van der Waals surface area contributed by atoms with Crippen LogP contribution in [0.2, 0.25) is 0 Å². The highest BCUT2D eigenvalue weighted by atomic mass is 16.3. The predicted molar refractivity (Wildman–Crippen MR) is 397 cm³/mol. The Morgan fingerprint density at radius 2 is 0.763 bits per heavy atom. The van der Waals surface area contributed by atoms with Crippen LogP contribution in [0.3, 0.4) is 0 Å². The quantitative estimate of drug-likeness (QED) is 0.160. The van der Waals surface area contributed by atoms with E-state index in [1.165, 1.54) is 111 Å². The molecule has 0 radical (unpaired) electrons. The van der Waals surface area contributed by atoms with Gasteiger partial charge in [0.2, 0.25) is 0 Å². The third-order valence-electron chi connectivity index (χ3n) is 23.4. The Labute approximate surface area is 553 Å². The highest BCUT2D eigenvalue weighted by Gasteiger charge is 2.52. The first-order valence-electron chi connectivity index (χ1n) is 34.2. The van der Waals surface area contributed by atoms with Crippen molar-refractivity contribution in [2.45, 2.75) is 181 Å². The van der Waals surface area contributed by atoms with E-state index in [1.807, 2.05) is 0 Å². The summed E-state index contributed by atoms with van der Waals surface area (Å²) >= 11 is 0. The van der Waals surface area contributed by atoms with Crippen molar-refractivity contribution in [1.29, 1.82) is 0 Å². The summed E-state index contributed by atoms with van der Waals surface area (Å²) in [5.41, 5.74) is 32.7. The first-order valence-corrected chi connectivity index (χ1v) is 34.2. The number of hydrogen-bond donors (Lipinski definition) is 0. The van der Waals surface area contributed by atoms with Crippen LogP contribution >= 0.6 is 0 Å². The summed E-state index contributed by atoms with van der Waals surface area (Å²) < 4.78 is 6.95. The summed E-state index contributed by atoms with van der Waals surface area (Å²) in [5.74, 6) is 0. The number of hydrogen-bond acceptors (Lipinski definition) is 4. The van der Waals surface area contributed by atoms with Crippen molar-refractivity contribution in [2.24, 2.45) is 0 Å². The average molecular weight is 1220 g/mol. The van der Waals surface area contributed by atoms with Crippen LogP contribution < -0.4 is 31.1 Å². The Hall–Kier alpha value is -8.54. The van der Waals surface area contributed by atoms with Gasteiger partial charge in [0.1, 0.15) is 11.2 Å². The van der Waals surface area contributed by atoms with Crippen molar-refractivity contribution >= 4 is 96.2 Å². The molecule has 466 valence electrons. The molecule has 5 aliphatic rings. The highest BCUT2D eigenvalue weighted by molar-refractivity contribution is 7.00. The van der Waals surface area contributed by atoms with Gasteiger partial charge in [0.05, 0.1) is 16.8 Å². The van der Waals surface area contributed by atoms with Crippen LogP contribution in [0.5, 0.6) is 0 Å². The molecule has 0 unspecified atom stereocenters. The van der Waals surface area contributed by atoms with Gasteiger partial charge >= 0.3 is 0 Å². The monoisotopic (exact) mass is 1220 g/mol. The topological polar surface area (TPSA) is 22.9 Å². The second-order valence-electron chi connectivity index (χ2n) is 33.8. The minimum Gasteiger partial charge on any atom is -0.456 e. The van der Waals surface area contributed by atoms with E-state index in [1.54, 1.807) is 0 Å². The van der Waals surface area contributed by atoms with E-state index >= 15 is 0 Å². The predicted octanol–water partition coefficient (Wildman–Crippen LogP) is 21.9. The van der Waals surface area contributed by atoms with E-state index in [4.69, 9.17) is 4.42 Å². The second kappa shape index (κ2) is 19.3. The number of nitrogens with zero attached hydrogens (tertiary/aromatic N) is 3. The zero-order valence-corrected chi connectivity index (χ0v) is 58.4. The molecule has 10 aromatic carbocycles. The molecule has 0 amide bonds. The van der Waals surface area contributed by atoms with Crippen LogP contribution in [0.4, 0.5) is 51.2 Å². The zero-order valence-electron chi connectivity index (χ0n) is 58.4. The lowest BCUT2D eigenvalue weighted by Crippen LogP contribution is -2.62. The number of para-hydroxylation sites is 1. The number of benzene rings is 10. The fraction of sp³-hybridized carbons (Fsp3) is 0.318. The van der Waals surface area contributed by atoms with Crippen molar-refractivity contribution in [3.63, 3.8) is 0 Å².